The first-order valence-corrected chi connectivity index (χ1v) is 6.29. The summed E-state index contributed by atoms with van der Waals surface area (Å²) < 4.78 is 10.6. The van der Waals surface area contributed by atoms with Gasteiger partial charge in [-0.25, -0.2) is 0 Å². The standard InChI is InChI=1S/C14H15NO4/c16-11-8-18-6-5-10(11)15-14(17)13-7-9-3-1-2-4-12(9)19-13/h1-4,7,10-11,16H,5-6,8H2,(H,15,17)/t10-,11-/m1/s1. The van der Waals surface area contributed by atoms with Gasteiger partial charge in [0.25, 0.3) is 5.91 Å². The Morgan fingerprint density at radius 3 is 3.00 bits per heavy atom. The van der Waals surface area contributed by atoms with Crippen molar-refractivity contribution >= 4 is 16.9 Å². The number of fused-ring (bicyclic) bond motifs is 1. The Morgan fingerprint density at radius 2 is 2.21 bits per heavy atom. The van der Waals surface area contributed by atoms with Gasteiger partial charge in [-0.2, -0.15) is 0 Å². The second kappa shape index (κ2) is 5.03. The van der Waals surface area contributed by atoms with Crippen LogP contribution >= 0.6 is 0 Å². The first-order chi connectivity index (χ1) is 9.24. The van der Waals surface area contributed by atoms with E-state index < -0.39 is 6.10 Å². The maximum absolute atomic E-state index is 12.1. The van der Waals surface area contributed by atoms with Crippen LogP contribution in [0.3, 0.4) is 0 Å². The molecule has 0 aliphatic carbocycles. The van der Waals surface area contributed by atoms with Gasteiger partial charge in [0.15, 0.2) is 5.76 Å². The number of para-hydroxylation sites is 1. The van der Waals surface area contributed by atoms with E-state index in [2.05, 4.69) is 5.32 Å². The fourth-order valence-corrected chi connectivity index (χ4v) is 2.22. The van der Waals surface area contributed by atoms with Crippen LogP contribution in [0.5, 0.6) is 0 Å². The molecule has 0 spiro atoms. The van der Waals surface area contributed by atoms with Crippen LogP contribution in [0.15, 0.2) is 34.7 Å². The smallest absolute Gasteiger partial charge is 0.287 e. The summed E-state index contributed by atoms with van der Waals surface area (Å²) in [6, 6.07) is 8.87. The molecule has 0 radical (unpaired) electrons. The lowest BCUT2D eigenvalue weighted by Crippen LogP contribution is -2.48. The summed E-state index contributed by atoms with van der Waals surface area (Å²) >= 11 is 0. The third kappa shape index (κ3) is 2.47. The van der Waals surface area contributed by atoms with E-state index in [4.69, 9.17) is 9.15 Å². The topological polar surface area (TPSA) is 71.7 Å². The predicted molar refractivity (Wildman–Crippen MR) is 68.9 cm³/mol. The highest BCUT2D eigenvalue weighted by Crippen LogP contribution is 2.19. The summed E-state index contributed by atoms with van der Waals surface area (Å²) in [5.74, 6) is -0.0398. The van der Waals surface area contributed by atoms with Crippen molar-refractivity contribution < 1.29 is 19.1 Å². The molecule has 1 aliphatic rings. The Balaban J connectivity index is 1.76. The van der Waals surface area contributed by atoms with Crippen LogP contribution < -0.4 is 5.32 Å². The average Bonchev–Trinajstić information content (AvgIpc) is 2.85. The van der Waals surface area contributed by atoms with Crippen molar-refractivity contribution in [3.63, 3.8) is 0 Å². The Hall–Kier alpha value is -1.85. The molecule has 1 aromatic carbocycles. The van der Waals surface area contributed by atoms with Crippen LogP contribution in [-0.2, 0) is 4.74 Å². The van der Waals surface area contributed by atoms with Crippen LogP contribution in [-0.4, -0.2) is 36.4 Å². The molecular formula is C14H15NO4. The third-order valence-electron chi connectivity index (χ3n) is 3.29. The summed E-state index contributed by atoms with van der Waals surface area (Å²) in [5, 5.41) is 13.4. The maximum atomic E-state index is 12.1. The minimum absolute atomic E-state index is 0.255. The summed E-state index contributed by atoms with van der Waals surface area (Å²) in [6.45, 7) is 0.799. The Morgan fingerprint density at radius 1 is 1.37 bits per heavy atom. The number of carbonyl (C=O) groups is 1. The highest BCUT2D eigenvalue weighted by Gasteiger charge is 2.26. The molecule has 1 aliphatic heterocycles. The van der Waals surface area contributed by atoms with Gasteiger partial charge >= 0.3 is 0 Å². The Bertz CT molecular complexity index is 559. The zero-order chi connectivity index (χ0) is 13.2. The lowest BCUT2D eigenvalue weighted by Gasteiger charge is -2.28. The monoisotopic (exact) mass is 261 g/mol. The summed E-state index contributed by atoms with van der Waals surface area (Å²) in [5.41, 5.74) is 0.681. The first-order valence-electron chi connectivity index (χ1n) is 6.29. The molecule has 1 fully saturated rings. The van der Waals surface area contributed by atoms with Crippen molar-refractivity contribution in [2.75, 3.05) is 13.2 Å². The largest absolute Gasteiger partial charge is 0.451 e. The zero-order valence-electron chi connectivity index (χ0n) is 10.3. The summed E-state index contributed by atoms with van der Waals surface area (Å²) in [6.07, 6.45) is -0.0604. The molecule has 2 aromatic rings. The van der Waals surface area contributed by atoms with Crippen molar-refractivity contribution in [2.45, 2.75) is 18.6 Å². The quantitative estimate of drug-likeness (QED) is 0.855. The fraction of sp³-hybridized carbons (Fsp3) is 0.357. The number of ether oxygens (including phenoxy) is 1. The van der Waals surface area contributed by atoms with Gasteiger partial charge in [0.05, 0.1) is 18.8 Å². The highest BCUT2D eigenvalue weighted by atomic mass is 16.5. The third-order valence-corrected chi connectivity index (χ3v) is 3.29. The van der Waals surface area contributed by atoms with Gasteiger partial charge in [-0.15, -0.1) is 0 Å². The van der Waals surface area contributed by atoms with Gasteiger partial charge < -0.3 is 19.6 Å². The Labute approximate surface area is 110 Å². The molecule has 2 N–H and O–H groups in total. The van der Waals surface area contributed by atoms with E-state index in [1.807, 2.05) is 24.3 Å². The number of rotatable bonds is 2. The molecule has 0 unspecified atom stereocenters. The van der Waals surface area contributed by atoms with E-state index in [1.54, 1.807) is 6.07 Å². The summed E-state index contributed by atoms with van der Waals surface area (Å²) in [4.78, 5) is 12.1. The molecule has 5 nitrogen and oxygen atoms in total. The van der Waals surface area contributed by atoms with Crippen LogP contribution in [0.1, 0.15) is 17.0 Å². The molecule has 1 amide bonds. The number of furan rings is 1. The van der Waals surface area contributed by atoms with Crippen molar-refractivity contribution in [1.29, 1.82) is 0 Å². The molecule has 5 heteroatoms. The number of aliphatic hydroxyl groups excluding tert-OH is 1. The number of carbonyl (C=O) groups excluding carboxylic acids is 1. The van der Waals surface area contributed by atoms with Gasteiger partial charge in [0.1, 0.15) is 5.58 Å². The number of amides is 1. The molecule has 2 heterocycles. The lowest BCUT2D eigenvalue weighted by atomic mass is 10.1. The SMILES string of the molecule is O=C(N[C@@H]1CCOC[C@H]1O)c1cc2ccccc2o1. The van der Waals surface area contributed by atoms with Crippen LogP contribution in [0, 0.1) is 0 Å². The van der Waals surface area contributed by atoms with E-state index in [0.717, 1.165) is 5.39 Å². The fourth-order valence-electron chi connectivity index (χ4n) is 2.22. The number of hydrogen-bond acceptors (Lipinski definition) is 4. The molecular weight excluding hydrogens is 246 g/mol. The van der Waals surface area contributed by atoms with E-state index in [0.29, 0.717) is 18.6 Å². The number of nitrogens with one attached hydrogen (secondary N) is 1. The van der Waals surface area contributed by atoms with Gasteiger partial charge in [0, 0.05) is 12.0 Å². The average molecular weight is 261 g/mol. The number of aliphatic hydroxyl groups is 1. The highest BCUT2D eigenvalue weighted by molar-refractivity contribution is 5.96. The molecule has 1 saturated heterocycles. The zero-order valence-corrected chi connectivity index (χ0v) is 10.3. The molecule has 0 saturated carbocycles. The van der Waals surface area contributed by atoms with Crippen molar-refractivity contribution in [1.82, 2.24) is 5.32 Å². The van der Waals surface area contributed by atoms with Gasteiger partial charge in [-0.3, -0.25) is 4.79 Å². The van der Waals surface area contributed by atoms with Crippen molar-refractivity contribution in [3.05, 3.63) is 36.1 Å². The van der Waals surface area contributed by atoms with E-state index in [1.165, 1.54) is 0 Å². The number of benzene rings is 1. The molecule has 2 atom stereocenters. The van der Waals surface area contributed by atoms with Crippen molar-refractivity contribution in [2.24, 2.45) is 0 Å². The normalized spacial score (nSPS) is 23.4. The second-order valence-electron chi connectivity index (χ2n) is 4.66. The number of hydrogen-bond donors (Lipinski definition) is 2. The van der Waals surface area contributed by atoms with Gasteiger partial charge in [-0.05, 0) is 18.6 Å². The Kier molecular flexibility index (Phi) is 3.23. The predicted octanol–water partition coefficient (Wildman–Crippen LogP) is 1.31. The van der Waals surface area contributed by atoms with E-state index in [9.17, 15) is 9.90 Å². The van der Waals surface area contributed by atoms with E-state index in [-0.39, 0.29) is 24.3 Å². The van der Waals surface area contributed by atoms with E-state index >= 15 is 0 Å². The minimum atomic E-state index is -0.665. The maximum Gasteiger partial charge on any atom is 0.287 e. The van der Waals surface area contributed by atoms with Crippen LogP contribution in [0.2, 0.25) is 0 Å². The molecule has 3 rings (SSSR count). The molecule has 1 aromatic heterocycles. The summed E-state index contributed by atoms with van der Waals surface area (Å²) in [7, 11) is 0. The first kappa shape index (κ1) is 12.2. The van der Waals surface area contributed by atoms with Crippen LogP contribution in [0.25, 0.3) is 11.0 Å². The molecule has 0 bridgehead atoms. The van der Waals surface area contributed by atoms with Gasteiger partial charge in [-0.1, -0.05) is 18.2 Å². The molecule has 100 valence electrons. The second-order valence-corrected chi connectivity index (χ2v) is 4.66. The van der Waals surface area contributed by atoms with Crippen LogP contribution in [0.4, 0.5) is 0 Å². The van der Waals surface area contributed by atoms with Gasteiger partial charge in [0.2, 0.25) is 0 Å². The minimum Gasteiger partial charge on any atom is -0.451 e. The lowest BCUT2D eigenvalue weighted by molar-refractivity contribution is -0.0262. The van der Waals surface area contributed by atoms with Crippen molar-refractivity contribution in [3.8, 4) is 0 Å². The molecule has 19 heavy (non-hydrogen) atoms.